The second-order valence-electron chi connectivity index (χ2n) is 4.35. The molecule has 0 saturated carbocycles. The molecule has 2 rings (SSSR count). The van der Waals surface area contributed by atoms with E-state index in [1.54, 1.807) is 0 Å². The third kappa shape index (κ3) is 2.95. The molecule has 96 valence electrons. The SMILES string of the molecule is OCc1csc(N2CCC(C(O)CO)CC2)n1. The molecular weight excluding hydrogens is 240 g/mol. The Kier molecular flexibility index (Phi) is 4.33. The summed E-state index contributed by atoms with van der Waals surface area (Å²) in [4.78, 5) is 6.50. The number of aromatic nitrogens is 1. The maximum atomic E-state index is 9.57. The van der Waals surface area contributed by atoms with Crippen molar-refractivity contribution in [3.05, 3.63) is 11.1 Å². The first-order valence-electron chi connectivity index (χ1n) is 5.83. The predicted octanol–water partition coefficient (Wildman–Crippen LogP) is 0.205. The van der Waals surface area contributed by atoms with Crippen molar-refractivity contribution in [1.82, 2.24) is 4.98 Å². The lowest BCUT2D eigenvalue weighted by Gasteiger charge is -2.33. The Bertz CT molecular complexity index is 350. The van der Waals surface area contributed by atoms with E-state index >= 15 is 0 Å². The average Bonchev–Trinajstić information content (AvgIpc) is 2.87. The van der Waals surface area contributed by atoms with Gasteiger partial charge in [-0.15, -0.1) is 11.3 Å². The lowest BCUT2D eigenvalue weighted by Crippen LogP contribution is -2.38. The molecule has 0 amide bonds. The van der Waals surface area contributed by atoms with E-state index < -0.39 is 6.10 Å². The minimum absolute atomic E-state index is 0.0177. The summed E-state index contributed by atoms with van der Waals surface area (Å²) in [7, 11) is 0. The highest BCUT2D eigenvalue weighted by atomic mass is 32.1. The molecule has 1 aliphatic heterocycles. The fourth-order valence-electron chi connectivity index (χ4n) is 2.14. The molecule has 6 heteroatoms. The summed E-state index contributed by atoms with van der Waals surface area (Å²) >= 11 is 1.54. The predicted molar refractivity (Wildman–Crippen MR) is 66.1 cm³/mol. The standard InChI is InChI=1S/C11H18N2O3S/c14-5-9-7-17-11(12-9)13-3-1-8(2-4-13)10(16)6-15/h7-8,10,14-16H,1-6H2. The number of hydrogen-bond acceptors (Lipinski definition) is 6. The molecular formula is C11H18N2O3S. The van der Waals surface area contributed by atoms with Gasteiger partial charge < -0.3 is 20.2 Å². The number of anilines is 1. The van der Waals surface area contributed by atoms with Gasteiger partial charge in [0.05, 0.1) is 25.0 Å². The van der Waals surface area contributed by atoms with Crippen LogP contribution in [-0.4, -0.2) is 46.1 Å². The van der Waals surface area contributed by atoms with Crippen LogP contribution in [-0.2, 0) is 6.61 Å². The molecule has 1 aromatic heterocycles. The normalized spacial score (nSPS) is 19.6. The smallest absolute Gasteiger partial charge is 0.185 e. The number of aliphatic hydroxyl groups excluding tert-OH is 3. The minimum atomic E-state index is -0.596. The van der Waals surface area contributed by atoms with Crippen molar-refractivity contribution in [2.45, 2.75) is 25.6 Å². The number of piperidine rings is 1. The second kappa shape index (κ2) is 5.77. The van der Waals surface area contributed by atoms with Crippen molar-refractivity contribution in [1.29, 1.82) is 0 Å². The molecule has 17 heavy (non-hydrogen) atoms. The van der Waals surface area contributed by atoms with Gasteiger partial charge in [-0.2, -0.15) is 0 Å². The maximum absolute atomic E-state index is 9.57. The van der Waals surface area contributed by atoms with E-state index in [0.29, 0.717) is 5.69 Å². The van der Waals surface area contributed by atoms with Gasteiger partial charge >= 0.3 is 0 Å². The van der Waals surface area contributed by atoms with E-state index in [2.05, 4.69) is 9.88 Å². The quantitative estimate of drug-likeness (QED) is 0.719. The topological polar surface area (TPSA) is 76.8 Å². The van der Waals surface area contributed by atoms with Gasteiger partial charge in [0.1, 0.15) is 0 Å². The Balaban J connectivity index is 1.90. The molecule has 0 radical (unpaired) electrons. The number of nitrogens with zero attached hydrogens (tertiary/aromatic N) is 2. The van der Waals surface area contributed by atoms with Crippen molar-refractivity contribution in [2.75, 3.05) is 24.6 Å². The summed E-state index contributed by atoms with van der Waals surface area (Å²) in [5.74, 6) is 0.188. The van der Waals surface area contributed by atoms with E-state index in [1.807, 2.05) is 5.38 Å². The number of thiazole rings is 1. The van der Waals surface area contributed by atoms with Crippen LogP contribution in [0.4, 0.5) is 5.13 Å². The third-order valence-corrected chi connectivity index (χ3v) is 4.19. The Morgan fingerprint density at radius 1 is 1.41 bits per heavy atom. The molecule has 1 aliphatic rings. The van der Waals surface area contributed by atoms with Crippen LogP contribution in [0.1, 0.15) is 18.5 Å². The summed E-state index contributed by atoms with van der Waals surface area (Å²) in [5, 5.41) is 30.2. The molecule has 0 aromatic carbocycles. The van der Waals surface area contributed by atoms with Gasteiger partial charge in [0.2, 0.25) is 0 Å². The first-order chi connectivity index (χ1) is 8.24. The Morgan fingerprint density at radius 3 is 2.65 bits per heavy atom. The van der Waals surface area contributed by atoms with Gasteiger partial charge in [0.25, 0.3) is 0 Å². The Morgan fingerprint density at radius 2 is 2.12 bits per heavy atom. The fraction of sp³-hybridized carbons (Fsp3) is 0.727. The summed E-state index contributed by atoms with van der Waals surface area (Å²) in [6.45, 7) is 1.52. The van der Waals surface area contributed by atoms with Crippen molar-refractivity contribution >= 4 is 16.5 Å². The lowest BCUT2D eigenvalue weighted by molar-refractivity contribution is 0.0377. The molecule has 0 aliphatic carbocycles. The fourth-order valence-corrected chi connectivity index (χ4v) is 3.01. The Hall–Kier alpha value is -0.690. The highest BCUT2D eigenvalue weighted by molar-refractivity contribution is 7.13. The molecule has 1 fully saturated rings. The van der Waals surface area contributed by atoms with E-state index in [9.17, 15) is 5.11 Å². The van der Waals surface area contributed by atoms with Crippen molar-refractivity contribution in [3.63, 3.8) is 0 Å². The van der Waals surface area contributed by atoms with Crippen LogP contribution in [0.15, 0.2) is 5.38 Å². The van der Waals surface area contributed by atoms with Gasteiger partial charge in [-0.25, -0.2) is 4.98 Å². The van der Waals surface area contributed by atoms with Gasteiger partial charge in [0, 0.05) is 18.5 Å². The molecule has 1 saturated heterocycles. The molecule has 1 atom stereocenters. The highest BCUT2D eigenvalue weighted by Crippen LogP contribution is 2.27. The van der Waals surface area contributed by atoms with Crippen LogP contribution >= 0.6 is 11.3 Å². The number of hydrogen-bond donors (Lipinski definition) is 3. The van der Waals surface area contributed by atoms with E-state index in [0.717, 1.165) is 31.1 Å². The van der Waals surface area contributed by atoms with Gasteiger partial charge in [-0.05, 0) is 18.8 Å². The summed E-state index contributed by atoms with van der Waals surface area (Å²) in [6.07, 6.45) is 1.15. The van der Waals surface area contributed by atoms with Crippen molar-refractivity contribution < 1.29 is 15.3 Å². The average molecular weight is 258 g/mol. The summed E-state index contributed by atoms with van der Waals surface area (Å²) in [5.41, 5.74) is 0.711. The van der Waals surface area contributed by atoms with Crippen molar-refractivity contribution in [3.8, 4) is 0 Å². The Labute approximate surface area is 104 Å². The molecule has 1 aromatic rings. The molecule has 5 nitrogen and oxygen atoms in total. The minimum Gasteiger partial charge on any atom is -0.394 e. The zero-order valence-corrected chi connectivity index (χ0v) is 10.4. The number of aliphatic hydroxyl groups is 3. The zero-order valence-electron chi connectivity index (χ0n) is 9.62. The molecule has 1 unspecified atom stereocenters. The van der Waals surface area contributed by atoms with E-state index in [-0.39, 0.29) is 19.1 Å². The number of rotatable bonds is 4. The van der Waals surface area contributed by atoms with Gasteiger partial charge in [-0.1, -0.05) is 0 Å². The maximum Gasteiger partial charge on any atom is 0.185 e. The van der Waals surface area contributed by atoms with Gasteiger partial charge in [0.15, 0.2) is 5.13 Å². The van der Waals surface area contributed by atoms with Crippen LogP contribution < -0.4 is 4.90 Å². The lowest BCUT2D eigenvalue weighted by atomic mass is 9.92. The van der Waals surface area contributed by atoms with Crippen LogP contribution in [0.3, 0.4) is 0 Å². The van der Waals surface area contributed by atoms with Crippen LogP contribution in [0.2, 0.25) is 0 Å². The molecule has 2 heterocycles. The summed E-state index contributed by atoms with van der Waals surface area (Å²) < 4.78 is 0. The molecule has 0 bridgehead atoms. The molecule has 0 spiro atoms. The van der Waals surface area contributed by atoms with E-state index in [4.69, 9.17) is 10.2 Å². The highest BCUT2D eigenvalue weighted by Gasteiger charge is 2.25. The second-order valence-corrected chi connectivity index (χ2v) is 5.19. The van der Waals surface area contributed by atoms with Gasteiger partial charge in [-0.3, -0.25) is 0 Å². The summed E-state index contributed by atoms with van der Waals surface area (Å²) in [6, 6.07) is 0. The van der Waals surface area contributed by atoms with Crippen LogP contribution in [0.5, 0.6) is 0 Å². The van der Waals surface area contributed by atoms with E-state index in [1.165, 1.54) is 11.3 Å². The monoisotopic (exact) mass is 258 g/mol. The first-order valence-corrected chi connectivity index (χ1v) is 6.71. The van der Waals surface area contributed by atoms with Crippen LogP contribution in [0.25, 0.3) is 0 Å². The molecule has 3 N–H and O–H groups in total. The zero-order chi connectivity index (χ0) is 12.3. The first kappa shape index (κ1) is 12.8. The third-order valence-electron chi connectivity index (χ3n) is 3.24. The van der Waals surface area contributed by atoms with Crippen LogP contribution in [0, 0.1) is 5.92 Å². The van der Waals surface area contributed by atoms with Crippen molar-refractivity contribution in [2.24, 2.45) is 5.92 Å². The largest absolute Gasteiger partial charge is 0.394 e.